The lowest BCUT2D eigenvalue weighted by atomic mass is 9.76. The van der Waals surface area contributed by atoms with E-state index in [9.17, 15) is 27.6 Å². The predicted molar refractivity (Wildman–Crippen MR) is 119 cm³/mol. The molecule has 0 aromatic heterocycles. The smallest absolute Gasteiger partial charge is 0.416 e. The fraction of sp³-hybridized carbons (Fsp3) is 0.148. The van der Waals surface area contributed by atoms with Crippen LogP contribution >= 0.6 is 0 Å². The Morgan fingerprint density at radius 3 is 2.14 bits per heavy atom. The number of Topliss-reactive ketones (excluding diaryl/α,β-unsaturated/α-hetero) is 3. The molecule has 5 nitrogen and oxygen atoms in total. The summed E-state index contributed by atoms with van der Waals surface area (Å²) in [6.45, 7) is 0. The van der Waals surface area contributed by atoms with Crippen LogP contribution in [-0.2, 0) is 10.9 Å². The minimum absolute atomic E-state index is 0.0449. The van der Waals surface area contributed by atoms with Crippen LogP contribution in [0.4, 0.5) is 13.2 Å². The van der Waals surface area contributed by atoms with E-state index in [0.29, 0.717) is 0 Å². The minimum Gasteiger partial charge on any atom is -0.497 e. The molecule has 0 saturated heterocycles. The van der Waals surface area contributed by atoms with E-state index in [-0.39, 0.29) is 33.6 Å². The molecule has 0 spiro atoms. The van der Waals surface area contributed by atoms with Crippen molar-refractivity contribution in [1.29, 1.82) is 0 Å². The van der Waals surface area contributed by atoms with Crippen molar-refractivity contribution in [3.63, 3.8) is 0 Å². The predicted octanol–water partition coefficient (Wildman–Crippen LogP) is 5.41. The molecule has 0 unspecified atom stereocenters. The highest BCUT2D eigenvalue weighted by molar-refractivity contribution is 6.27. The van der Waals surface area contributed by atoms with Crippen molar-refractivity contribution in [2.24, 2.45) is 0 Å². The zero-order valence-electron chi connectivity index (χ0n) is 18.3. The van der Waals surface area contributed by atoms with Crippen LogP contribution in [0.25, 0.3) is 0 Å². The van der Waals surface area contributed by atoms with Crippen LogP contribution in [0, 0.1) is 0 Å². The average molecular weight is 478 g/mol. The van der Waals surface area contributed by atoms with Crippen molar-refractivity contribution in [3.05, 3.63) is 112 Å². The molecule has 176 valence electrons. The second-order valence-corrected chi connectivity index (χ2v) is 8.14. The Hall–Kier alpha value is -4.20. The van der Waals surface area contributed by atoms with Gasteiger partial charge in [0, 0.05) is 16.7 Å². The average Bonchev–Trinajstić information content (AvgIpc) is 3.27. The first-order valence-electron chi connectivity index (χ1n) is 10.7. The first-order chi connectivity index (χ1) is 16.7. The molecule has 0 bridgehead atoms. The number of halogens is 3. The summed E-state index contributed by atoms with van der Waals surface area (Å²) >= 11 is 0. The third-order valence-corrected chi connectivity index (χ3v) is 6.19. The Balaban J connectivity index is 1.74. The first-order valence-corrected chi connectivity index (χ1v) is 10.7. The van der Waals surface area contributed by atoms with E-state index >= 15 is 0 Å². The maximum atomic E-state index is 14.2. The van der Waals surface area contributed by atoms with Gasteiger partial charge in [-0.1, -0.05) is 60.7 Å². The molecule has 0 fully saturated rings. The number of methoxy groups -OCH3 is 1. The van der Waals surface area contributed by atoms with Crippen molar-refractivity contribution in [2.45, 2.75) is 18.2 Å². The quantitative estimate of drug-likeness (QED) is 0.469. The van der Waals surface area contributed by atoms with E-state index in [2.05, 4.69) is 0 Å². The fourth-order valence-corrected chi connectivity index (χ4v) is 4.59. The molecule has 3 aromatic rings. The first kappa shape index (κ1) is 22.6. The van der Waals surface area contributed by atoms with Crippen LogP contribution in [0.1, 0.15) is 48.1 Å². The lowest BCUT2D eigenvalue weighted by Crippen LogP contribution is -2.30. The van der Waals surface area contributed by atoms with E-state index in [0.717, 1.165) is 12.1 Å². The molecule has 0 saturated carbocycles. The van der Waals surface area contributed by atoms with Gasteiger partial charge in [0.15, 0.2) is 17.6 Å². The standard InChI is InChI=1S/C27H17F3O5/c1-34-15-11-12-18(19(13-15)27(28,29)30)20-21-23(32)16-9-5-6-10-17(16)24(33)26(21)35-25(20)22(31)14-7-3-2-4-8-14/h2-13,20,25H,1H3/t20-,25-/m1/s1. The van der Waals surface area contributed by atoms with Crippen molar-refractivity contribution in [3.8, 4) is 5.75 Å². The fourth-order valence-electron chi connectivity index (χ4n) is 4.59. The van der Waals surface area contributed by atoms with Crippen LogP contribution in [-0.4, -0.2) is 30.6 Å². The van der Waals surface area contributed by atoms with Gasteiger partial charge in [-0.15, -0.1) is 0 Å². The van der Waals surface area contributed by atoms with Gasteiger partial charge >= 0.3 is 6.18 Å². The van der Waals surface area contributed by atoms with Gasteiger partial charge in [0.25, 0.3) is 0 Å². The number of allylic oxidation sites excluding steroid dienone is 1. The van der Waals surface area contributed by atoms with Gasteiger partial charge < -0.3 is 9.47 Å². The Labute approximate surface area is 197 Å². The Morgan fingerprint density at radius 1 is 0.886 bits per heavy atom. The number of carbonyl (C=O) groups is 3. The van der Waals surface area contributed by atoms with E-state index < -0.39 is 46.9 Å². The molecule has 3 aromatic carbocycles. The number of ether oxygens (including phenoxy) is 2. The number of ketones is 3. The highest BCUT2D eigenvalue weighted by atomic mass is 19.4. The zero-order valence-corrected chi connectivity index (χ0v) is 18.3. The minimum atomic E-state index is -4.83. The molecule has 35 heavy (non-hydrogen) atoms. The molecule has 8 heteroatoms. The third kappa shape index (κ3) is 3.62. The summed E-state index contributed by atoms with van der Waals surface area (Å²) < 4.78 is 53.2. The second-order valence-electron chi connectivity index (χ2n) is 8.14. The largest absolute Gasteiger partial charge is 0.497 e. The summed E-state index contributed by atoms with van der Waals surface area (Å²) in [4.78, 5) is 40.2. The van der Waals surface area contributed by atoms with Crippen LogP contribution in [0.2, 0.25) is 0 Å². The normalized spacial score (nSPS) is 19.2. The SMILES string of the molecule is COc1ccc([C@@H]2C3=C(O[C@H]2C(=O)c2ccccc2)C(=O)c2ccccc2C3=O)c(C(F)(F)F)c1. The summed E-state index contributed by atoms with van der Waals surface area (Å²) in [6, 6.07) is 17.2. The Bertz CT molecular complexity index is 1410. The number of hydrogen-bond donors (Lipinski definition) is 0. The molecular formula is C27H17F3O5. The van der Waals surface area contributed by atoms with Gasteiger partial charge in [0.1, 0.15) is 5.75 Å². The lowest BCUT2D eigenvalue weighted by Gasteiger charge is -2.24. The number of alkyl halides is 3. The van der Waals surface area contributed by atoms with Gasteiger partial charge in [-0.05, 0) is 17.7 Å². The van der Waals surface area contributed by atoms with Gasteiger partial charge in [-0.3, -0.25) is 14.4 Å². The van der Waals surface area contributed by atoms with Crippen LogP contribution in [0.5, 0.6) is 5.75 Å². The maximum absolute atomic E-state index is 14.2. The molecule has 0 radical (unpaired) electrons. The molecule has 1 heterocycles. The molecule has 5 rings (SSSR count). The monoisotopic (exact) mass is 478 g/mol. The summed E-state index contributed by atoms with van der Waals surface area (Å²) in [5, 5.41) is 0. The summed E-state index contributed by atoms with van der Waals surface area (Å²) in [6.07, 6.45) is -6.37. The van der Waals surface area contributed by atoms with Crippen LogP contribution < -0.4 is 4.74 Å². The Morgan fingerprint density at radius 2 is 1.51 bits per heavy atom. The zero-order chi connectivity index (χ0) is 24.9. The van der Waals surface area contributed by atoms with Crippen molar-refractivity contribution in [1.82, 2.24) is 0 Å². The van der Waals surface area contributed by atoms with E-state index in [4.69, 9.17) is 9.47 Å². The van der Waals surface area contributed by atoms with Gasteiger partial charge in [0.2, 0.25) is 11.6 Å². The molecule has 2 atom stereocenters. The third-order valence-electron chi connectivity index (χ3n) is 6.19. The number of fused-ring (bicyclic) bond motifs is 1. The Kier molecular flexibility index (Phi) is 5.31. The van der Waals surface area contributed by atoms with Crippen LogP contribution in [0.3, 0.4) is 0 Å². The van der Waals surface area contributed by atoms with Crippen molar-refractivity contribution >= 4 is 17.3 Å². The number of rotatable bonds is 4. The van der Waals surface area contributed by atoms with E-state index in [1.54, 1.807) is 30.3 Å². The maximum Gasteiger partial charge on any atom is 0.416 e. The summed E-state index contributed by atoms with van der Waals surface area (Å²) in [5.74, 6) is -3.82. The lowest BCUT2D eigenvalue weighted by molar-refractivity contribution is -0.138. The highest BCUT2D eigenvalue weighted by Crippen LogP contribution is 2.49. The molecule has 2 aliphatic rings. The summed E-state index contributed by atoms with van der Waals surface area (Å²) in [5.41, 5.74) is -1.36. The molecule has 0 amide bonds. The number of hydrogen-bond acceptors (Lipinski definition) is 5. The molecular weight excluding hydrogens is 461 g/mol. The van der Waals surface area contributed by atoms with Gasteiger partial charge in [-0.25, -0.2) is 0 Å². The van der Waals surface area contributed by atoms with Crippen molar-refractivity contribution < 1.29 is 37.0 Å². The molecule has 1 aliphatic carbocycles. The van der Waals surface area contributed by atoms with Gasteiger partial charge in [-0.2, -0.15) is 13.2 Å². The summed E-state index contributed by atoms with van der Waals surface area (Å²) in [7, 11) is 1.23. The second kappa shape index (κ2) is 8.23. The van der Waals surface area contributed by atoms with Crippen LogP contribution in [0.15, 0.2) is 84.1 Å². The van der Waals surface area contributed by atoms with Crippen molar-refractivity contribution in [2.75, 3.05) is 7.11 Å². The number of carbonyl (C=O) groups excluding carboxylic acids is 3. The van der Waals surface area contributed by atoms with E-state index in [1.807, 2.05) is 0 Å². The van der Waals surface area contributed by atoms with E-state index in [1.165, 1.54) is 37.4 Å². The molecule has 1 aliphatic heterocycles. The molecule has 0 N–H and O–H groups in total. The van der Waals surface area contributed by atoms with Gasteiger partial charge in [0.05, 0.1) is 24.2 Å². The number of benzene rings is 3. The highest BCUT2D eigenvalue weighted by Gasteiger charge is 2.52. The topological polar surface area (TPSA) is 69.7 Å².